The second-order valence-electron chi connectivity index (χ2n) is 6.06. The first-order valence-corrected chi connectivity index (χ1v) is 8.19. The summed E-state index contributed by atoms with van der Waals surface area (Å²) < 4.78 is 15.9. The molecule has 1 aromatic carbocycles. The van der Waals surface area contributed by atoms with Crippen LogP contribution in [0.2, 0.25) is 0 Å². The van der Waals surface area contributed by atoms with E-state index in [1.807, 2.05) is 18.2 Å². The number of nitrogens with zero attached hydrogens (tertiary/aromatic N) is 1. The minimum atomic E-state index is -0.465. The molecule has 1 unspecified atom stereocenters. The number of amides is 2. The molecule has 3 heterocycles. The van der Waals surface area contributed by atoms with Crippen LogP contribution in [-0.4, -0.2) is 29.5 Å². The Morgan fingerprint density at radius 3 is 2.96 bits per heavy atom. The van der Waals surface area contributed by atoms with Crippen molar-refractivity contribution in [2.45, 2.75) is 32.0 Å². The van der Waals surface area contributed by atoms with Crippen LogP contribution in [0.1, 0.15) is 24.2 Å². The number of ether oxygens (including phenoxy) is 2. The van der Waals surface area contributed by atoms with Crippen molar-refractivity contribution in [3.05, 3.63) is 47.9 Å². The van der Waals surface area contributed by atoms with Gasteiger partial charge in [0, 0.05) is 13.0 Å². The SMILES string of the molecule is O=C(NCc1ccco1)C1CCC(=O)N1Cc1ccc2c(c1)OCO2. The van der Waals surface area contributed by atoms with Crippen molar-refractivity contribution in [3.8, 4) is 11.5 Å². The lowest BCUT2D eigenvalue weighted by atomic mass is 10.1. The van der Waals surface area contributed by atoms with Crippen molar-refractivity contribution in [2.24, 2.45) is 0 Å². The van der Waals surface area contributed by atoms with Gasteiger partial charge in [-0.15, -0.1) is 0 Å². The predicted molar refractivity (Wildman–Crippen MR) is 86.7 cm³/mol. The Bertz CT molecular complexity index is 787. The van der Waals surface area contributed by atoms with Gasteiger partial charge >= 0.3 is 0 Å². The number of hydrogen-bond donors (Lipinski definition) is 1. The molecule has 0 saturated carbocycles. The quantitative estimate of drug-likeness (QED) is 0.896. The summed E-state index contributed by atoms with van der Waals surface area (Å²) >= 11 is 0. The van der Waals surface area contributed by atoms with E-state index in [4.69, 9.17) is 13.9 Å². The lowest BCUT2D eigenvalue weighted by Crippen LogP contribution is -2.44. The van der Waals surface area contributed by atoms with Gasteiger partial charge in [0.2, 0.25) is 18.6 Å². The van der Waals surface area contributed by atoms with Crippen molar-refractivity contribution in [1.29, 1.82) is 0 Å². The summed E-state index contributed by atoms with van der Waals surface area (Å²) in [5.74, 6) is 1.87. The minimum absolute atomic E-state index is 0.0178. The van der Waals surface area contributed by atoms with Gasteiger partial charge in [-0.1, -0.05) is 6.07 Å². The van der Waals surface area contributed by atoms with E-state index in [-0.39, 0.29) is 18.6 Å². The highest BCUT2D eigenvalue weighted by Crippen LogP contribution is 2.33. The highest BCUT2D eigenvalue weighted by Gasteiger charge is 2.36. The summed E-state index contributed by atoms with van der Waals surface area (Å²) in [7, 11) is 0. The Labute approximate surface area is 144 Å². The van der Waals surface area contributed by atoms with Gasteiger partial charge in [-0.3, -0.25) is 9.59 Å². The molecule has 2 aliphatic heterocycles. The minimum Gasteiger partial charge on any atom is -0.467 e. The monoisotopic (exact) mass is 342 g/mol. The molecule has 1 fully saturated rings. The maximum Gasteiger partial charge on any atom is 0.243 e. The van der Waals surface area contributed by atoms with E-state index < -0.39 is 6.04 Å². The largest absolute Gasteiger partial charge is 0.467 e. The Hall–Kier alpha value is -2.96. The highest BCUT2D eigenvalue weighted by molar-refractivity contribution is 5.90. The van der Waals surface area contributed by atoms with E-state index in [2.05, 4.69) is 5.32 Å². The van der Waals surface area contributed by atoms with Gasteiger partial charge < -0.3 is 24.1 Å². The van der Waals surface area contributed by atoms with Gasteiger partial charge in [0.25, 0.3) is 0 Å². The summed E-state index contributed by atoms with van der Waals surface area (Å²) in [6, 6.07) is 8.66. The molecule has 2 amide bonds. The van der Waals surface area contributed by atoms with Crippen LogP contribution in [0.5, 0.6) is 11.5 Å². The lowest BCUT2D eigenvalue weighted by molar-refractivity contribution is -0.135. The van der Waals surface area contributed by atoms with Crippen LogP contribution in [0, 0.1) is 0 Å². The van der Waals surface area contributed by atoms with Gasteiger partial charge in [-0.2, -0.15) is 0 Å². The van der Waals surface area contributed by atoms with Crippen LogP contribution < -0.4 is 14.8 Å². The molecule has 7 heteroatoms. The fraction of sp³-hybridized carbons (Fsp3) is 0.333. The normalized spacial score (nSPS) is 18.6. The Morgan fingerprint density at radius 2 is 2.12 bits per heavy atom. The van der Waals surface area contributed by atoms with Gasteiger partial charge in [0.15, 0.2) is 11.5 Å². The zero-order valence-corrected chi connectivity index (χ0v) is 13.6. The first-order valence-electron chi connectivity index (χ1n) is 8.19. The number of rotatable bonds is 5. The van der Waals surface area contributed by atoms with Gasteiger partial charge in [-0.25, -0.2) is 0 Å². The molecule has 1 N–H and O–H groups in total. The molecule has 0 spiro atoms. The van der Waals surface area contributed by atoms with E-state index in [0.29, 0.717) is 43.2 Å². The summed E-state index contributed by atoms with van der Waals surface area (Å²) in [5, 5.41) is 2.83. The van der Waals surface area contributed by atoms with Crippen molar-refractivity contribution in [3.63, 3.8) is 0 Å². The first-order chi connectivity index (χ1) is 12.2. The Morgan fingerprint density at radius 1 is 1.24 bits per heavy atom. The number of nitrogens with one attached hydrogen (secondary N) is 1. The van der Waals surface area contributed by atoms with E-state index in [1.54, 1.807) is 23.3 Å². The molecule has 0 aliphatic carbocycles. The zero-order valence-electron chi connectivity index (χ0n) is 13.6. The molecule has 2 aliphatic rings. The van der Waals surface area contributed by atoms with Gasteiger partial charge in [-0.05, 0) is 36.2 Å². The number of likely N-dealkylation sites (tertiary alicyclic amines) is 1. The molecule has 25 heavy (non-hydrogen) atoms. The molecular formula is C18H18N2O5. The smallest absolute Gasteiger partial charge is 0.243 e. The van der Waals surface area contributed by atoms with E-state index in [9.17, 15) is 9.59 Å². The molecular weight excluding hydrogens is 324 g/mol. The molecule has 0 radical (unpaired) electrons. The van der Waals surface area contributed by atoms with Crippen LogP contribution in [0.15, 0.2) is 41.0 Å². The van der Waals surface area contributed by atoms with Crippen molar-refractivity contribution >= 4 is 11.8 Å². The first kappa shape index (κ1) is 15.6. The molecule has 2 aromatic rings. The van der Waals surface area contributed by atoms with Crippen molar-refractivity contribution < 1.29 is 23.5 Å². The number of carbonyl (C=O) groups excluding carboxylic acids is 2. The molecule has 130 valence electrons. The third kappa shape index (κ3) is 3.17. The van der Waals surface area contributed by atoms with Crippen molar-refractivity contribution in [1.82, 2.24) is 10.2 Å². The van der Waals surface area contributed by atoms with Gasteiger partial charge in [0.05, 0.1) is 12.8 Å². The predicted octanol–water partition coefficient (Wildman–Crippen LogP) is 1.82. The Kier molecular flexibility index (Phi) is 4.05. The molecule has 4 rings (SSSR count). The third-order valence-electron chi connectivity index (χ3n) is 4.44. The number of fused-ring (bicyclic) bond motifs is 1. The summed E-state index contributed by atoms with van der Waals surface area (Å²) in [4.78, 5) is 26.3. The Balaban J connectivity index is 1.43. The molecule has 0 bridgehead atoms. The van der Waals surface area contributed by atoms with Crippen LogP contribution in [-0.2, 0) is 22.7 Å². The molecule has 1 aromatic heterocycles. The van der Waals surface area contributed by atoms with Crippen LogP contribution >= 0.6 is 0 Å². The average molecular weight is 342 g/mol. The summed E-state index contributed by atoms with van der Waals surface area (Å²) in [6.07, 6.45) is 2.46. The number of hydrogen-bond acceptors (Lipinski definition) is 5. The molecule has 7 nitrogen and oxygen atoms in total. The van der Waals surface area contributed by atoms with Crippen LogP contribution in [0.3, 0.4) is 0 Å². The maximum atomic E-state index is 12.5. The van der Waals surface area contributed by atoms with E-state index in [0.717, 1.165) is 5.56 Å². The van der Waals surface area contributed by atoms with Crippen molar-refractivity contribution in [2.75, 3.05) is 6.79 Å². The molecule has 1 saturated heterocycles. The maximum absolute atomic E-state index is 12.5. The zero-order chi connectivity index (χ0) is 17.2. The van der Waals surface area contributed by atoms with E-state index >= 15 is 0 Å². The number of carbonyl (C=O) groups is 2. The highest BCUT2D eigenvalue weighted by atomic mass is 16.7. The second kappa shape index (κ2) is 6.51. The third-order valence-corrected chi connectivity index (χ3v) is 4.44. The number of furan rings is 1. The fourth-order valence-corrected chi connectivity index (χ4v) is 3.15. The second-order valence-corrected chi connectivity index (χ2v) is 6.06. The summed E-state index contributed by atoms with van der Waals surface area (Å²) in [5.41, 5.74) is 0.906. The average Bonchev–Trinajstić information content (AvgIpc) is 3.35. The topological polar surface area (TPSA) is 81.0 Å². The fourth-order valence-electron chi connectivity index (χ4n) is 3.15. The van der Waals surface area contributed by atoms with Crippen LogP contribution in [0.25, 0.3) is 0 Å². The molecule has 1 atom stereocenters. The summed E-state index contributed by atoms with van der Waals surface area (Å²) in [6.45, 7) is 0.891. The lowest BCUT2D eigenvalue weighted by Gasteiger charge is -2.24. The van der Waals surface area contributed by atoms with Crippen LogP contribution in [0.4, 0.5) is 0 Å². The number of benzene rings is 1. The van der Waals surface area contributed by atoms with E-state index in [1.165, 1.54) is 0 Å². The standard InChI is InChI=1S/C18H18N2O5/c21-17-6-4-14(18(22)19-9-13-2-1-7-23-13)20(17)10-12-3-5-15-16(8-12)25-11-24-15/h1-3,5,7-8,14H,4,6,9-11H2,(H,19,22). The van der Waals surface area contributed by atoms with Gasteiger partial charge in [0.1, 0.15) is 11.8 Å².